The maximum Gasteiger partial charge on any atom is 0.224 e. The van der Waals surface area contributed by atoms with Gasteiger partial charge in [-0.3, -0.25) is 4.79 Å². The van der Waals surface area contributed by atoms with Gasteiger partial charge in [0.15, 0.2) is 0 Å². The first-order chi connectivity index (χ1) is 8.28. The second kappa shape index (κ2) is 5.71. The molecule has 3 nitrogen and oxygen atoms in total. The highest BCUT2D eigenvalue weighted by Crippen LogP contribution is 2.29. The van der Waals surface area contributed by atoms with Crippen LogP contribution in [-0.2, 0) is 4.79 Å². The minimum Gasteiger partial charge on any atom is -0.494 e. The number of hydrogen-bond donors (Lipinski definition) is 1. The zero-order valence-corrected chi connectivity index (χ0v) is 10.2. The summed E-state index contributed by atoms with van der Waals surface area (Å²) < 4.78 is 5.34. The molecule has 2 rings (SSSR count). The molecule has 92 valence electrons. The van der Waals surface area contributed by atoms with E-state index in [1.54, 1.807) is 0 Å². The summed E-state index contributed by atoms with van der Waals surface area (Å²) in [5.74, 6) is 1.57. The second-order valence-corrected chi connectivity index (χ2v) is 4.51. The van der Waals surface area contributed by atoms with E-state index in [1.165, 1.54) is 19.3 Å². The van der Waals surface area contributed by atoms with Gasteiger partial charge in [0.1, 0.15) is 5.75 Å². The molecule has 0 aliphatic heterocycles. The molecule has 0 heterocycles. The molecule has 0 spiro atoms. The summed E-state index contributed by atoms with van der Waals surface area (Å²) in [4.78, 5) is 11.7. The summed E-state index contributed by atoms with van der Waals surface area (Å²) in [5.41, 5.74) is 0.845. The predicted octanol–water partition coefficient (Wildman–Crippen LogP) is 3.21. The molecule has 3 heteroatoms. The molecule has 0 saturated heterocycles. The maximum absolute atomic E-state index is 11.7. The number of anilines is 1. The van der Waals surface area contributed by atoms with E-state index in [1.807, 2.05) is 31.2 Å². The molecule has 1 fully saturated rings. The van der Waals surface area contributed by atoms with Crippen LogP contribution in [0.4, 0.5) is 5.69 Å². The lowest BCUT2D eigenvalue weighted by Gasteiger charge is -2.24. The van der Waals surface area contributed by atoms with E-state index in [2.05, 4.69) is 5.32 Å². The number of carbonyl (C=O) groups is 1. The number of ether oxygens (including phenoxy) is 1. The first kappa shape index (κ1) is 12.0. The van der Waals surface area contributed by atoms with E-state index in [0.717, 1.165) is 11.4 Å². The number of carbonyl (C=O) groups excluding carboxylic acids is 1. The molecule has 1 aliphatic carbocycles. The van der Waals surface area contributed by atoms with E-state index < -0.39 is 0 Å². The van der Waals surface area contributed by atoms with Gasteiger partial charge in [0.25, 0.3) is 0 Å². The van der Waals surface area contributed by atoms with Crippen LogP contribution in [-0.4, -0.2) is 12.5 Å². The van der Waals surface area contributed by atoms with Gasteiger partial charge in [-0.1, -0.05) is 6.42 Å². The second-order valence-electron chi connectivity index (χ2n) is 4.51. The molecule has 1 N–H and O–H groups in total. The number of benzene rings is 1. The molecule has 1 aromatic rings. The Balaban J connectivity index is 1.82. The molecular formula is C14H19NO2. The Morgan fingerprint density at radius 2 is 2.06 bits per heavy atom. The van der Waals surface area contributed by atoms with Crippen molar-refractivity contribution in [1.82, 2.24) is 0 Å². The summed E-state index contributed by atoms with van der Waals surface area (Å²) in [6, 6.07) is 7.51. The van der Waals surface area contributed by atoms with Crippen molar-refractivity contribution in [1.29, 1.82) is 0 Å². The highest BCUT2D eigenvalue weighted by Gasteiger charge is 2.20. The first-order valence-electron chi connectivity index (χ1n) is 6.30. The molecule has 0 aromatic heterocycles. The van der Waals surface area contributed by atoms with Crippen molar-refractivity contribution in [2.75, 3.05) is 11.9 Å². The van der Waals surface area contributed by atoms with Gasteiger partial charge >= 0.3 is 0 Å². The Hall–Kier alpha value is -1.51. The van der Waals surface area contributed by atoms with Crippen LogP contribution >= 0.6 is 0 Å². The fourth-order valence-corrected chi connectivity index (χ4v) is 1.97. The largest absolute Gasteiger partial charge is 0.494 e. The summed E-state index contributed by atoms with van der Waals surface area (Å²) in [6.45, 7) is 2.61. The number of rotatable bonds is 5. The SMILES string of the molecule is CCOc1ccc(NC(=O)CC2CCC2)cc1. The lowest BCUT2D eigenvalue weighted by atomic mass is 9.83. The van der Waals surface area contributed by atoms with Gasteiger partial charge in [-0.2, -0.15) is 0 Å². The van der Waals surface area contributed by atoms with E-state index in [0.29, 0.717) is 18.9 Å². The Labute approximate surface area is 102 Å². The third-order valence-corrected chi connectivity index (χ3v) is 3.15. The minimum atomic E-state index is 0.124. The van der Waals surface area contributed by atoms with Gasteiger partial charge in [0, 0.05) is 12.1 Å². The maximum atomic E-state index is 11.7. The van der Waals surface area contributed by atoms with Gasteiger partial charge in [0.05, 0.1) is 6.61 Å². The molecule has 1 aliphatic rings. The smallest absolute Gasteiger partial charge is 0.224 e. The van der Waals surface area contributed by atoms with Gasteiger partial charge < -0.3 is 10.1 Å². The predicted molar refractivity (Wildman–Crippen MR) is 68.2 cm³/mol. The summed E-state index contributed by atoms with van der Waals surface area (Å²) >= 11 is 0. The van der Waals surface area contributed by atoms with Crippen molar-refractivity contribution in [3.8, 4) is 5.75 Å². The summed E-state index contributed by atoms with van der Waals surface area (Å²) in [6.07, 6.45) is 4.35. The van der Waals surface area contributed by atoms with E-state index in [4.69, 9.17) is 4.74 Å². The van der Waals surface area contributed by atoms with E-state index >= 15 is 0 Å². The van der Waals surface area contributed by atoms with E-state index in [9.17, 15) is 4.79 Å². The lowest BCUT2D eigenvalue weighted by molar-refractivity contribution is -0.117. The van der Waals surface area contributed by atoms with Crippen LogP contribution in [0, 0.1) is 5.92 Å². The average molecular weight is 233 g/mol. The fourth-order valence-electron chi connectivity index (χ4n) is 1.97. The van der Waals surface area contributed by atoms with Crippen LogP contribution in [0.15, 0.2) is 24.3 Å². The highest BCUT2D eigenvalue weighted by atomic mass is 16.5. The average Bonchev–Trinajstić information content (AvgIpc) is 2.27. The first-order valence-corrected chi connectivity index (χ1v) is 6.30. The van der Waals surface area contributed by atoms with Crippen LogP contribution in [0.1, 0.15) is 32.6 Å². The van der Waals surface area contributed by atoms with Crippen molar-refractivity contribution in [3.63, 3.8) is 0 Å². The monoisotopic (exact) mass is 233 g/mol. The zero-order chi connectivity index (χ0) is 12.1. The Morgan fingerprint density at radius 3 is 2.59 bits per heavy atom. The fraction of sp³-hybridized carbons (Fsp3) is 0.500. The summed E-state index contributed by atoms with van der Waals surface area (Å²) in [7, 11) is 0. The quantitative estimate of drug-likeness (QED) is 0.848. The van der Waals surface area contributed by atoms with Gasteiger partial charge in [-0.05, 0) is 49.9 Å². The number of hydrogen-bond acceptors (Lipinski definition) is 2. The summed E-state index contributed by atoms with van der Waals surface area (Å²) in [5, 5.41) is 2.92. The molecule has 0 radical (unpaired) electrons. The third-order valence-electron chi connectivity index (χ3n) is 3.15. The van der Waals surface area contributed by atoms with Crippen molar-refractivity contribution in [2.45, 2.75) is 32.6 Å². The Morgan fingerprint density at radius 1 is 1.35 bits per heavy atom. The van der Waals surface area contributed by atoms with Crippen LogP contribution in [0.2, 0.25) is 0 Å². The van der Waals surface area contributed by atoms with Crippen molar-refractivity contribution < 1.29 is 9.53 Å². The van der Waals surface area contributed by atoms with Crippen LogP contribution < -0.4 is 10.1 Å². The topological polar surface area (TPSA) is 38.3 Å². The molecule has 1 amide bonds. The number of amides is 1. The Bertz CT molecular complexity index is 368. The third kappa shape index (κ3) is 3.48. The molecule has 0 unspecified atom stereocenters. The highest BCUT2D eigenvalue weighted by molar-refractivity contribution is 5.90. The molecule has 0 bridgehead atoms. The molecule has 1 saturated carbocycles. The van der Waals surface area contributed by atoms with Crippen LogP contribution in [0.3, 0.4) is 0 Å². The minimum absolute atomic E-state index is 0.124. The lowest BCUT2D eigenvalue weighted by Crippen LogP contribution is -2.20. The molecule has 17 heavy (non-hydrogen) atoms. The van der Waals surface area contributed by atoms with Crippen LogP contribution in [0.5, 0.6) is 5.75 Å². The molecule has 0 atom stereocenters. The van der Waals surface area contributed by atoms with Crippen molar-refractivity contribution in [3.05, 3.63) is 24.3 Å². The normalized spacial score (nSPS) is 15.1. The van der Waals surface area contributed by atoms with Gasteiger partial charge in [0.2, 0.25) is 5.91 Å². The van der Waals surface area contributed by atoms with E-state index in [-0.39, 0.29) is 5.91 Å². The number of nitrogens with one attached hydrogen (secondary N) is 1. The molecule has 1 aromatic carbocycles. The van der Waals surface area contributed by atoms with Crippen LogP contribution in [0.25, 0.3) is 0 Å². The van der Waals surface area contributed by atoms with Gasteiger partial charge in [-0.15, -0.1) is 0 Å². The van der Waals surface area contributed by atoms with Gasteiger partial charge in [-0.25, -0.2) is 0 Å². The molecular weight excluding hydrogens is 214 g/mol. The van der Waals surface area contributed by atoms with Crippen molar-refractivity contribution in [2.24, 2.45) is 5.92 Å². The standard InChI is InChI=1S/C14H19NO2/c1-2-17-13-8-6-12(7-9-13)15-14(16)10-11-4-3-5-11/h6-9,11H,2-5,10H2,1H3,(H,15,16). The van der Waals surface area contributed by atoms with Crippen molar-refractivity contribution >= 4 is 11.6 Å². The zero-order valence-electron chi connectivity index (χ0n) is 10.2. The Kier molecular flexibility index (Phi) is 4.02.